The van der Waals surface area contributed by atoms with Gasteiger partial charge < -0.3 is 10.1 Å². The van der Waals surface area contributed by atoms with Crippen LogP contribution in [0.1, 0.15) is 5.56 Å². The molecule has 3 N–H and O–H groups in total. The van der Waals surface area contributed by atoms with Gasteiger partial charge in [-0.15, -0.1) is 0 Å². The highest BCUT2D eigenvalue weighted by molar-refractivity contribution is 7.85. The molecule has 0 bridgehead atoms. The molecule has 0 aliphatic heterocycles. The maximum atomic E-state index is 10.5. The Balaban J connectivity index is 0.000000220. The molecule has 0 saturated carbocycles. The van der Waals surface area contributed by atoms with Gasteiger partial charge in [0.05, 0.1) is 10.6 Å². The quantitative estimate of drug-likeness (QED) is 0.592. The standard InChI is InChI=1S/C8H12N2O.C7H8O3S/c1-9-10(2)7-3-5-8(11)6-4-7;1-6-2-4-7(5-3-6)11(8,9)10/h3-6,9,11H,1-2H3;2-5H,1H3,(H,8,9,10). The summed E-state index contributed by atoms with van der Waals surface area (Å²) in [6.45, 7) is 1.84. The zero-order valence-corrected chi connectivity index (χ0v) is 13.5. The fourth-order valence-electron chi connectivity index (χ4n) is 1.52. The third kappa shape index (κ3) is 5.72. The molecular formula is C15H20N2O4S. The van der Waals surface area contributed by atoms with Gasteiger partial charge >= 0.3 is 0 Å². The van der Waals surface area contributed by atoms with Crippen LogP contribution in [0.25, 0.3) is 0 Å². The first-order valence-corrected chi connectivity index (χ1v) is 7.92. The molecule has 0 radical (unpaired) electrons. The average molecular weight is 324 g/mol. The lowest BCUT2D eigenvalue weighted by molar-refractivity contribution is 0.475. The van der Waals surface area contributed by atoms with Gasteiger partial charge in [0, 0.05) is 14.1 Å². The van der Waals surface area contributed by atoms with Crippen molar-refractivity contribution in [2.75, 3.05) is 19.1 Å². The van der Waals surface area contributed by atoms with E-state index in [4.69, 9.17) is 9.66 Å². The Labute approximate surface area is 130 Å². The number of hydrogen-bond donors (Lipinski definition) is 3. The second kappa shape index (κ2) is 7.79. The molecule has 0 unspecified atom stereocenters. The first kappa shape index (κ1) is 18.0. The number of aryl methyl sites for hydroxylation is 1. The molecule has 120 valence electrons. The van der Waals surface area contributed by atoms with Crippen LogP contribution in [0.5, 0.6) is 5.75 Å². The van der Waals surface area contributed by atoms with Crippen molar-refractivity contribution >= 4 is 15.8 Å². The van der Waals surface area contributed by atoms with E-state index in [1.807, 2.05) is 38.2 Å². The summed E-state index contributed by atoms with van der Waals surface area (Å²) in [4.78, 5) is -0.0666. The van der Waals surface area contributed by atoms with E-state index in [0.29, 0.717) is 5.75 Å². The highest BCUT2D eigenvalue weighted by atomic mass is 32.2. The number of aromatic hydroxyl groups is 1. The molecule has 0 spiro atoms. The van der Waals surface area contributed by atoms with Crippen LogP contribution in [0.15, 0.2) is 53.4 Å². The molecule has 0 heterocycles. The number of benzene rings is 2. The lowest BCUT2D eigenvalue weighted by Crippen LogP contribution is -2.30. The Kier molecular flexibility index (Phi) is 6.36. The van der Waals surface area contributed by atoms with Crippen molar-refractivity contribution in [2.45, 2.75) is 11.8 Å². The number of hydrazine groups is 1. The van der Waals surface area contributed by atoms with Crippen LogP contribution in [0.4, 0.5) is 5.69 Å². The molecule has 2 aromatic carbocycles. The summed E-state index contributed by atoms with van der Waals surface area (Å²) in [5, 5.41) is 10.8. The molecule has 6 nitrogen and oxygen atoms in total. The van der Waals surface area contributed by atoms with E-state index in [9.17, 15) is 8.42 Å². The molecule has 22 heavy (non-hydrogen) atoms. The van der Waals surface area contributed by atoms with Crippen molar-refractivity contribution in [1.29, 1.82) is 0 Å². The summed E-state index contributed by atoms with van der Waals surface area (Å²) in [6, 6.07) is 13.0. The molecule has 7 heteroatoms. The van der Waals surface area contributed by atoms with E-state index >= 15 is 0 Å². The molecule has 0 fully saturated rings. The van der Waals surface area contributed by atoms with Gasteiger partial charge in [0.15, 0.2) is 0 Å². The van der Waals surface area contributed by atoms with Crippen molar-refractivity contribution in [2.24, 2.45) is 0 Å². The van der Waals surface area contributed by atoms with Crippen molar-refractivity contribution in [3.8, 4) is 5.75 Å². The van der Waals surface area contributed by atoms with Gasteiger partial charge in [0.25, 0.3) is 10.1 Å². The maximum Gasteiger partial charge on any atom is 0.294 e. The predicted molar refractivity (Wildman–Crippen MR) is 86.6 cm³/mol. The first-order chi connectivity index (χ1) is 10.2. The first-order valence-electron chi connectivity index (χ1n) is 6.48. The van der Waals surface area contributed by atoms with Gasteiger partial charge in [-0.1, -0.05) is 17.7 Å². The lowest BCUT2D eigenvalue weighted by atomic mass is 10.2. The monoisotopic (exact) mass is 324 g/mol. The Morgan fingerprint density at radius 3 is 1.91 bits per heavy atom. The molecule has 0 aromatic heterocycles. The second-order valence-corrected chi connectivity index (χ2v) is 6.01. The topological polar surface area (TPSA) is 89.9 Å². The fraction of sp³-hybridized carbons (Fsp3) is 0.200. The maximum absolute atomic E-state index is 10.5. The van der Waals surface area contributed by atoms with E-state index in [1.54, 1.807) is 24.3 Å². The van der Waals surface area contributed by atoms with Crippen molar-refractivity contribution in [3.63, 3.8) is 0 Å². The second-order valence-electron chi connectivity index (χ2n) is 4.59. The minimum absolute atomic E-state index is 0.0666. The summed E-state index contributed by atoms with van der Waals surface area (Å²) in [5.41, 5.74) is 4.93. The number of anilines is 1. The smallest absolute Gasteiger partial charge is 0.294 e. The van der Waals surface area contributed by atoms with Gasteiger partial charge in [0.2, 0.25) is 0 Å². The van der Waals surface area contributed by atoms with Crippen LogP contribution >= 0.6 is 0 Å². The minimum atomic E-state index is -4.02. The van der Waals surface area contributed by atoms with Gasteiger partial charge in [-0.3, -0.25) is 4.55 Å². The molecule has 2 rings (SSSR count). The van der Waals surface area contributed by atoms with Gasteiger partial charge in [-0.25, -0.2) is 5.43 Å². The summed E-state index contributed by atoms with van der Waals surface area (Å²) in [6.07, 6.45) is 0. The Bertz CT molecular complexity index is 682. The van der Waals surface area contributed by atoms with Crippen LogP contribution in [-0.2, 0) is 10.1 Å². The highest BCUT2D eigenvalue weighted by Gasteiger charge is 2.06. The third-order valence-electron chi connectivity index (χ3n) is 2.89. The van der Waals surface area contributed by atoms with Gasteiger partial charge in [-0.2, -0.15) is 8.42 Å². The van der Waals surface area contributed by atoms with Crippen molar-refractivity contribution in [3.05, 3.63) is 54.1 Å². The molecule has 0 aliphatic rings. The summed E-state index contributed by atoms with van der Waals surface area (Å²) >= 11 is 0. The zero-order valence-electron chi connectivity index (χ0n) is 12.7. The van der Waals surface area contributed by atoms with Crippen molar-refractivity contribution < 1.29 is 18.1 Å². The van der Waals surface area contributed by atoms with Gasteiger partial charge in [0.1, 0.15) is 5.75 Å². The van der Waals surface area contributed by atoms with Crippen LogP contribution in [0.2, 0.25) is 0 Å². The normalized spacial score (nSPS) is 10.5. The van der Waals surface area contributed by atoms with Crippen molar-refractivity contribution in [1.82, 2.24) is 5.43 Å². The highest BCUT2D eigenvalue weighted by Crippen LogP contribution is 2.15. The van der Waals surface area contributed by atoms with Crippen LogP contribution in [0, 0.1) is 6.92 Å². The molecule has 0 saturated heterocycles. The number of nitrogens with zero attached hydrogens (tertiary/aromatic N) is 1. The van der Waals surface area contributed by atoms with Gasteiger partial charge in [-0.05, 0) is 43.3 Å². The largest absolute Gasteiger partial charge is 0.508 e. The Hall–Kier alpha value is -2.09. The number of phenols is 1. The fourth-order valence-corrected chi connectivity index (χ4v) is 2.00. The third-order valence-corrected chi connectivity index (χ3v) is 3.76. The number of nitrogens with one attached hydrogen (secondary N) is 1. The summed E-state index contributed by atoms with van der Waals surface area (Å²) in [5.74, 6) is 0.290. The lowest BCUT2D eigenvalue weighted by Gasteiger charge is -2.16. The van der Waals surface area contributed by atoms with E-state index in [2.05, 4.69) is 5.43 Å². The van der Waals surface area contributed by atoms with Crippen LogP contribution in [-0.4, -0.2) is 32.2 Å². The number of phenolic OH excluding ortho intramolecular Hbond substituents is 1. The summed E-state index contributed by atoms with van der Waals surface area (Å²) in [7, 11) is -0.270. The van der Waals surface area contributed by atoms with Crippen LogP contribution < -0.4 is 10.4 Å². The van der Waals surface area contributed by atoms with Crippen LogP contribution in [0.3, 0.4) is 0 Å². The Morgan fingerprint density at radius 1 is 1.00 bits per heavy atom. The van der Waals surface area contributed by atoms with E-state index in [-0.39, 0.29) is 4.90 Å². The van der Waals surface area contributed by atoms with E-state index in [1.165, 1.54) is 12.1 Å². The molecule has 0 amide bonds. The minimum Gasteiger partial charge on any atom is -0.508 e. The van der Waals surface area contributed by atoms with E-state index in [0.717, 1.165) is 11.3 Å². The number of rotatable bonds is 3. The zero-order chi connectivity index (χ0) is 16.8. The molecule has 0 atom stereocenters. The molecule has 0 aliphatic carbocycles. The van der Waals surface area contributed by atoms with E-state index < -0.39 is 10.1 Å². The Morgan fingerprint density at radius 2 is 1.50 bits per heavy atom. The molecule has 2 aromatic rings. The summed E-state index contributed by atoms with van der Waals surface area (Å²) < 4.78 is 29.6. The SMILES string of the molecule is CNN(C)c1ccc(O)cc1.Cc1ccc(S(=O)(=O)O)cc1. The average Bonchev–Trinajstić information content (AvgIpc) is 2.47. The molecular weight excluding hydrogens is 304 g/mol. The number of hydrogen-bond acceptors (Lipinski definition) is 5. The predicted octanol–water partition coefficient (Wildman–Crippen LogP) is 2.20.